The second kappa shape index (κ2) is 10.3. The van der Waals surface area contributed by atoms with Crippen LogP contribution >= 0.6 is 35.6 Å². The van der Waals surface area contributed by atoms with Gasteiger partial charge in [0.1, 0.15) is 6.10 Å². The smallest absolute Gasteiger partial charge is 0.193 e. The van der Waals surface area contributed by atoms with Gasteiger partial charge in [0, 0.05) is 43.7 Å². The molecule has 0 saturated carbocycles. The summed E-state index contributed by atoms with van der Waals surface area (Å²) < 4.78 is 11.8. The predicted octanol–water partition coefficient (Wildman–Crippen LogP) is 3.69. The van der Waals surface area contributed by atoms with Gasteiger partial charge in [-0.25, -0.2) is 0 Å². The highest BCUT2D eigenvalue weighted by atomic mass is 127. The van der Waals surface area contributed by atoms with Gasteiger partial charge >= 0.3 is 0 Å². The van der Waals surface area contributed by atoms with Crippen LogP contribution in [0.4, 0.5) is 0 Å². The Morgan fingerprint density at radius 3 is 2.67 bits per heavy atom. The second-order valence-corrected chi connectivity index (χ2v) is 8.08. The van der Waals surface area contributed by atoms with E-state index < -0.39 is 0 Å². The van der Waals surface area contributed by atoms with E-state index in [1.165, 1.54) is 0 Å². The van der Waals surface area contributed by atoms with Gasteiger partial charge in [0.05, 0.1) is 12.7 Å². The highest BCUT2D eigenvalue weighted by Crippen LogP contribution is 2.29. The standard InChI is InChI=1S/C20H30ClN3O2.HI/c1-20(2,15-7-4-5-8-16(15)21)14-23-19(22-3)24-10-12-26-18(13-24)17-9-6-11-25-17;/h4-5,7-8,17-18H,6,9-14H2,1-3H3,(H,22,23);1H. The van der Waals surface area contributed by atoms with E-state index in [-0.39, 0.29) is 41.6 Å². The molecular weight excluding hydrogens is 477 g/mol. The van der Waals surface area contributed by atoms with Gasteiger partial charge in [-0.15, -0.1) is 24.0 Å². The molecule has 0 bridgehead atoms. The number of morpholine rings is 1. The molecule has 1 aromatic carbocycles. The summed E-state index contributed by atoms with van der Waals surface area (Å²) >= 11 is 6.40. The van der Waals surface area contributed by atoms with E-state index in [2.05, 4.69) is 35.1 Å². The third-order valence-corrected chi connectivity index (χ3v) is 5.61. The number of aliphatic imine (C=N–C) groups is 1. The molecule has 2 aliphatic rings. The maximum Gasteiger partial charge on any atom is 0.193 e. The highest BCUT2D eigenvalue weighted by molar-refractivity contribution is 14.0. The van der Waals surface area contributed by atoms with Crippen LogP contribution in [0.15, 0.2) is 29.3 Å². The van der Waals surface area contributed by atoms with Crippen molar-refractivity contribution >= 4 is 41.5 Å². The third kappa shape index (κ3) is 5.71. The van der Waals surface area contributed by atoms with Gasteiger partial charge in [-0.05, 0) is 24.5 Å². The highest BCUT2D eigenvalue weighted by Gasteiger charge is 2.32. The van der Waals surface area contributed by atoms with Gasteiger partial charge in [0.2, 0.25) is 0 Å². The van der Waals surface area contributed by atoms with Crippen molar-refractivity contribution in [3.05, 3.63) is 34.9 Å². The second-order valence-electron chi connectivity index (χ2n) is 7.67. The van der Waals surface area contributed by atoms with E-state index in [1.807, 2.05) is 25.2 Å². The SMILES string of the molecule is CN=C(NCC(C)(C)c1ccccc1Cl)N1CCOC(C2CCCO2)C1.I. The van der Waals surface area contributed by atoms with E-state index in [4.69, 9.17) is 21.1 Å². The van der Waals surface area contributed by atoms with Crippen molar-refractivity contribution in [2.75, 3.05) is 39.9 Å². The summed E-state index contributed by atoms with van der Waals surface area (Å²) in [5.41, 5.74) is 1.04. The zero-order chi connectivity index (χ0) is 18.6. The van der Waals surface area contributed by atoms with Crippen LogP contribution in [0.25, 0.3) is 0 Å². The molecule has 0 amide bonds. The molecule has 7 heteroatoms. The van der Waals surface area contributed by atoms with Gasteiger partial charge in [-0.2, -0.15) is 0 Å². The Morgan fingerprint density at radius 1 is 1.26 bits per heavy atom. The number of ether oxygens (including phenoxy) is 2. The summed E-state index contributed by atoms with van der Waals surface area (Å²) in [4.78, 5) is 6.77. The number of hydrogen-bond donors (Lipinski definition) is 1. The minimum absolute atomic E-state index is 0. The molecule has 0 radical (unpaired) electrons. The lowest BCUT2D eigenvalue weighted by Gasteiger charge is -2.38. The van der Waals surface area contributed by atoms with Crippen LogP contribution in [-0.4, -0.2) is 63.0 Å². The normalized spacial score (nSPS) is 23.9. The minimum Gasteiger partial charge on any atom is -0.375 e. The molecule has 0 aliphatic carbocycles. The largest absolute Gasteiger partial charge is 0.375 e. The van der Waals surface area contributed by atoms with Crippen molar-refractivity contribution in [3.8, 4) is 0 Å². The number of rotatable bonds is 4. The molecular formula is C20H31ClIN3O2. The molecule has 2 atom stereocenters. The van der Waals surface area contributed by atoms with Gasteiger partial charge < -0.3 is 19.7 Å². The van der Waals surface area contributed by atoms with Crippen LogP contribution in [0.1, 0.15) is 32.3 Å². The Labute approximate surface area is 184 Å². The molecule has 1 aromatic rings. The maximum atomic E-state index is 6.40. The Balaban J connectivity index is 0.00000261. The van der Waals surface area contributed by atoms with Crippen LogP contribution in [0.2, 0.25) is 5.02 Å². The average molecular weight is 508 g/mol. The van der Waals surface area contributed by atoms with E-state index in [1.54, 1.807) is 0 Å². The molecule has 2 fully saturated rings. The average Bonchev–Trinajstić information content (AvgIpc) is 3.17. The van der Waals surface area contributed by atoms with E-state index in [0.717, 1.165) is 55.6 Å². The van der Waals surface area contributed by atoms with Crippen LogP contribution in [0.5, 0.6) is 0 Å². The fraction of sp³-hybridized carbons (Fsp3) is 0.650. The Morgan fingerprint density at radius 2 is 2.00 bits per heavy atom. The quantitative estimate of drug-likeness (QED) is 0.384. The summed E-state index contributed by atoms with van der Waals surface area (Å²) in [7, 11) is 1.83. The van der Waals surface area contributed by atoms with E-state index >= 15 is 0 Å². The number of guanidine groups is 1. The molecule has 2 saturated heterocycles. The van der Waals surface area contributed by atoms with Gasteiger partial charge in [-0.1, -0.05) is 43.6 Å². The molecule has 3 rings (SSSR count). The summed E-state index contributed by atoms with van der Waals surface area (Å²) in [6.45, 7) is 8.37. The molecule has 1 N–H and O–H groups in total. The van der Waals surface area contributed by atoms with Crippen LogP contribution < -0.4 is 5.32 Å². The lowest BCUT2D eigenvalue weighted by Crippen LogP contribution is -2.54. The lowest BCUT2D eigenvalue weighted by molar-refractivity contribution is -0.0817. The minimum atomic E-state index is -0.103. The molecule has 2 unspecified atom stereocenters. The number of hydrogen-bond acceptors (Lipinski definition) is 3. The van der Waals surface area contributed by atoms with Crippen molar-refractivity contribution < 1.29 is 9.47 Å². The molecule has 0 spiro atoms. The van der Waals surface area contributed by atoms with Crippen molar-refractivity contribution in [1.29, 1.82) is 0 Å². The fourth-order valence-electron chi connectivity index (χ4n) is 3.73. The number of nitrogens with one attached hydrogen (secondary N) is 1. The number of nitrogens with zero attached hydrogens (tertiary/aromatic N) is 2. The molecule has 5 nitrogen and oxygen atoms in total. The lowest BCUT2D eigenvalue weighted by atomic mass is 9.84. The predicted molar refractivity (Wildman–Crippen MR) is 122 cm³/mol. The first-order chi connectivity index (χ1) is 12.5. The zero-order valence-corrected chi connectivity index (χ0v) is 19.5. The molecule has 2 aliphatic heterocycles. The number of benzene rings is 1. The van der Waals surface area contributed by atoms with Gasteiger partial charge in [0.15, 0.2) is 5.96 Å². The van der Waals surface area contributed by atoms with Gasteiger partial charge in [0.25, 0.3) is 0 Å². The van der Waals surface area contributed by atoms with Gasteiger partial charge in [-0.3, -0.25) is 4.99 Å². The zero-order valence-electron chi connectivity index (χ0n) is 16.4. The first-order valence-electron chi connectivity index (χ1n) is 9.45. The monoisotopic (exact) mass is 507 g/mol. The molecule has 2 heterocycles. The van der Waals surface area contributed by atoms with Crippen molar-refractivity contribution in [2.45, 2.75) is 44.3 Å². The molecule has 152 valence electrons. The van der Waals surface area contributed by atoms with E-state index in [0.29, 0.717) is 6.61 Å². The molecule has 27 heavy (non-hydrogen) atoms. The van der Waals surface area contributed by atoms with Crippen molar-refractivity contribution in [2.24, 2.45) is 4.99 Å². The maximum absolute atomic E-state index is 6.40. The summed E-state index contributed by atoms with van der Waals surface area (Å²) in [5, 5.41) is 4.34. The van der Waals surface area contributed by atoms with E-state index in [9.17, 15) is 0 Å². The Kier molecular flexibility index (Phi) is 8.65. The Hall–Kier alpha value is -0.570. The third-order valence-electron chi connectivity index (χ3n) is 5.28. The first kappa shape index (κ1) is 22.7. The van der Waals surface area contributed by atoms with Crippen molar-refractivity contribution in [1.82, 2.24) is 10.2 Å². The summed E-state index contributed by atoms with van der Waals surface area (Å²) in [6.07, 6.45) is 2.56. The first-order valence-corrected chi connectivity index (χ1v) is 9.83. The molecule has 0 aromatic heterocycles. The van der Waals surface area contributed by atoms with Crippen LogP contribution in [0, 0.1) is 0 Å². The van der Waals surface area contributed by atoms with Crippen molar-refractivity contribution in [3.63, 3.8) is 0 Å². The number of halogens is 2. The summed E-state index contributed by atoms with van der Waals surface area (Å²) in [6, 6.07) is 8.04. The Bertz CT molecular complexity index is 635. The summed E-state index contributed by atoms with van der Waals surface area (Å²) in [5.74, 6) is 0.913. The topological polar surface area (TPSA) is 46.1 Å². The fourth-order valence-corrected chi connectivity index (χ4v) is 4.12. The van der Waals surface area contributed by atoms with Crippen LogP contribution in [-0.2, 0) is 14.9 Å². The van der Waals surface area contributed by atoms with Crippen LogP contribution in [0.3, 0.4) is 0 Å².